The molecular formula is C6H5Cl. The normalized spacial score (nSPS) is 5.71. The first-order valence-corrected chi connectivity index (χ1v) is 2.44. The van der Waals surface area contributed by atoms with Gasteiger partial charge in [-0.2, -0.15) is 0 Å². The monoisotopic (exact) mass is 112 g/mol. The third-order valence-corrected chi connectivity index (χ3v) is 0.569. The maximum atomic E-state index is 5.27. The van der Waals surface area contributed by atoms with Crippen molar-refractivity contribution in [2.24, 2.45) is 0 Å². The van der Waals surface area contributed by atoms with Crippen molar-refractivity contribution >= 4 is 11.6 Å². The second kappa shape index (κ2) is 5.41. The predicted molar refractivity (Wildman–Crippen MR) is 31.9 cm³/mol. The summed E-state index contributed by atoms with van der Waals surface area (Å²) in [4.78, 5) is 0. The van der Waals surface area contributed by atoms with E-state index in [1.165, 1.54) is 0 Å². The van der Waals surface area contributed by atoms with Crippen LogP contribution in [0.5, 0.6) is 0 Å². The van der Waals surface area contributed by atoms with Crippen LogP contribution >= 0.6 is 11.6 Å². The van der Waals surface area contributed by atoms with Gasteiger partial charge in [0.15, 0.2) is 0 Å². The maximum Gasteiger partial charge on any atom is 0.0333 e. The molecular weight excluding hydrogens is 108 g/mol. The smallest absolute Gasteiger partial charge is 0.0333 e. The van der Waals surface area contributed by atoms with E-state index >= 15 is 0 Å². The van der Waals surface area contributed by atoms with Crippen LogP contribution in [0.2, 0.25) is 0 Å². The Morgan fingerprint density at radius 1 is 1.57 bits per heavy atom. The molecule has 0 amide bonds. The van der Waals surface area contributed by atoms with Gasteiger partial charge in [-0.15, -0.1) is 18.0 Å². The molecule has 0 nitrogen and oxygen atoms in total. The highest BCUT2D eigenvalue weighted by molar-refractivity contribution is 6.18. The second-order valence-electron chi connectivity index (χ2n) is 0.885. The minimum Gasteiger partial charge on any atom is -0.126 e. The third-order valence-electron chi connectivity index (χ3n) is 0.380. The molecule has 0 fully saturated rings. The van der Waals surface area contributed by atoms with E-state index in [1.807, 2.05) is 0 Å². The van der Waals surface area contributed by atoms with Crippen molar-refractivity contribution in [3.8, 4) is 24.2 Å². The van der Waals surface area contributed by atoms with Crippen LogP contribution in [0.4, 0.5) is 0 Å². The van der Waals surface area contributed by atoms with E-state index in [-0.39, 0.29) is 0 Å². The van der Waals surface area contributed by atoms with Crippen LogP contribution in [-0.2, 0) is 0 Å². The Kier molecular flexibility index (Phi) is 4.95. The van der Waals surface area contributed by atoms with Crippen LogP contribution in [-0.4, -0.2) is 5.88 Å². The lowest BCUT2D eigenvalue weighted by Gasteiger charge is -1.69. The van der Waals surface area contributed by atoms with Gasteiger partial charge in [-0.05, 0) is 11.8 Å². The van der Waals surface area contributed by atoms with E-state index in [4.69, 9.17) is 18.0 Å². The zero-order chi connectivity index (χ0) is 5.54. The average molecular weight is 113 g/mol. The summed E-state index contributed by atoms with van der Waals surface area (Å²) < 4.78 is 0. The molecule has 0 aromatic heterocycles. The summed E-state index contributed by atoms with van der Waals surface area (Å²) >= 11 is 5.27. The highest BCUT2D eigenvalue weighted by Crippen LogP contribution is 1.77. The Hall–Kier alpha value is -0.590. The Morgan fingerprint density at radius 2 is 2.29 bits per heavy atom. The van der Waals surface area contributed by atoms with Crippen molar-refractivity contribution in [3.63, 3.8) is 0 Å². The summed E-state index contributed by atoms with van der Waals surface area (Å²) in [5, 5.41) is 0. The molecule has 7 heavy (non-hydrogen) atoms. The molecule has 0 N–H and O–H groups in total. The molecule has 0 aliphatic carbocycles. The van der Waals surface area contributed by atoms with Crippen molar-refractivity contribution < 1.29 is 0 Å². The molecule has 0 aromatic rings. The fourth-order valence-electron chi connectivity index (χ4n) is 0.161. The molecule has 0 radical (unpaired) electrons. The highest BCUT2D eigenvalue weighted by Gasteiger charge is 1.67. The van der Waals surface area contributed by atoms with E-state index in [9.17, 15) is 0 Å². The first kappa shape index (κ1) is 6.41. The molecule has 0 bridgehead atoms. The second-order valence-corrected chi connectivity index (χ2v) is 1.26. The van der Waals surface area contributed by atoms with Crippen LogP contribution in [0, 0.1) is 24.2 Å². The molecule has 0 atom stereocenters. The molecule has 0 heterocycles. The van der Waals surface area contributed by atoms with Gasteiger partial charge < -0.3 is 0 Å². The van der Waals surface area contributed by atoms with Gasteiger partial charge in [0.2, 0.25) is 0 Å². The minimum atomic E-state index is 0.564. The Labute approximate surface area is 48.9 Å². The fraction of sp³-hybridized carbons (Fsp3) is 0.333. The summed E-state index contributed by atoms with van der Waals surface area (Å²) in [6, 6.07) is 0. The van der Waals surface area contributed by atoms with Crippen molar-refractivity contribution in [1.29, 1.82) is 0 Å². The number of alkyl halides is 1. The first-order chi connectivity index (χ1) is 3.41. The van der Waals surface area contributed by atoms with E-state index in [0.29, 0.717) is 12.3 Å². The molecule has 0 aliphatic rings. The Balaban J connectivity index is 3.13. The lowest BCUT2D eigenvalue weighted by atomic mass is 10.5. The number of rotatable bonds is 1. The number of terminal acetylenes is 1. The van der Waals surface area contributed by atoms with Crippen LogP contribution in [0.3, 0.4) is 0 Å². The maximum absolute atomic E-state index is 5.27. The van der Waals surface area contributed by atoms with Crippen molar-refractivity contribution in [1.82, 2.24) is 0 Å². The van der Waals surface area contributed by atoms with Gasteiger partial charge in [-0.3, -0.25) is 0 Å². The standard InChI is InChI=1S/C6H5Cl/c1-2-3-4-5-6-7/h1H,5-6H2. The summed E-state index contributed by atoms with van der Waals surface area (Å²) in [6.07, 6.45) is 5.49. The van der Waals surface area contributed by atoms with E-state index in [2.05, 4.69) is 17.8 Å². The fourth-order valence-corrected chi connectivity index (χ4v) is 0.255. The Bertz CT molecular complexity index is 119. The summed E-state index contributed by atoms with van der Waals surface area (Å²) in [5.41, 5.74) is 0. The van der Waals surface area contributed by atoms with Crippen molar-refractivity contribution in [2.45, 2.75) is 6.42 Å². The van der Waals surface area contributed by atoms with Gasteiger partial charge in [0.05, 0.1) is 0 Å². The topological polar surface area (TPSA) is 0 Å². The Morgan fingerprint density at radius 3 is 2.71 bits per heavy atom. The molecule has 0 rings (SSSR count). The number of hydrogen-bond donors (Lipinski definition) is 0. The zero-order valence-electron chi connectivity index (χ0n) is 3.87. The molecule has 0 unspecified atom stereocenters. The number of hydrogen-bond acceptors (Lipinski definition) is 0. The van der Waals surface area contributed by atoms with Crippen LogP contribution in [0.15, 0.2) is 0 Å². The van der Waals surface area contributed by atoms with Gasteiger partial charge in [0.25, 0.3) is 0 Å². The highest BCUT2D eigenvalue weighted by atomic mass is 35.5. The van der Waals surface area contributed by atoms with Gasteiger partial charge >= 0.3 is 0 Å². The van der Waals surface area contributed by atoms with Gasteiger partial charge in [-0.1, -0.05) is 5.92 Å². The largest absolute Gasteiger partial charge is 0.126 e. The quantitative estimate of drug-likeness (QED) is 0.354. The molecule has 36 valence electrons. The zero-order valence-corrected chi connectivity index (χ0v) is 4.63. The molecule has 0 aliphatic heterocycles. The summed E-state index contributed by atoms with van der Waals surface area (Å²) in [6.45, 7) is 0. The van der Waals surface area contributed by atoms with Crippen LogP contribution < -0.4 is 0 Å². The van der Waals surface area contributed by atoms with Crippen molar-refractivity contribution in [2.75, 3.05) is 5.88 Å². The van der Waals surface area contributed by atoms with Gasteiger partial charge in [-0.25, -0.2) is 0 Å². The lowest BCUT2D eigenvalue weighted by molar-refractivity contribution is 1.29. The number of halogens is 1. The lowest BCUT2D eigenvalue weighted by Crippen LogP contribution is -1.63. The molecule has 0 spiro atoms. The molecule has 0 saturated heterocycles. The van der Waals surface area contributed by atoms with E-state index < -0.39 is 0 Å². The van der Waals surface area contributed by atoms with Gasteiger partial charge in [0, 0.05) is 12.3 Å². The molecule has 1 heteroatoms. The SMILES string of the molecule is C#CC#CCCCl. The summed E-state index contributed by atoms with van der Waals surface area (Å²) in [7, 11) is 0. The molecule has 0 aromatic carbocycles. The van der Waals surface area contributed by atoms with Crippen LogP contribution in [0.1, 0.15) is 6.42 Å². The van der Waals surface area contributed by atoms with E-state index in [1.54, 1.807) is 0 Å². The minimum absolute atomic E-state index is 0.564. The molecule has 0 saturated carbocycles. The predicted octanol–water partition coefficient (Wildman–Crippen LogP) is 1.25. The first-order valence-electron chi connectivity index (χ1n) is 1.91. The van der Waals surface area contributed by atoms with Crippen molar-refractivity contribution in [3.05, 3.63) is 0 Å². The average Bonchev–Trinajstić information content (AvgIpc) is 1.69. The van der Waals surface area contributed by atoms with Crippen LogP contribution in [0.25, 0.3) is 0 Å². The van der Waals surface area contributed by atoms with Gasteiger partial charge in [0.1, 0.15) is 0 Å². The third kappa shape index (κ3) is 5.41. The summed E-state index contributed by atoms with van der Waals surface area (Å²) in [5.74, 6) is 7.86. The van der Waals surface area contributed by atoms with E-state index in [0.717, 1.165) is 0 Å².